The molecular formula is C20H20ClN3O2. The maximum atomic E-state index is 6.24. The summed E-state index contributed by atoms with van der Waals surface area (Å²) in [6.07, 6.45) is 5.39. The van der Waals surface area contributed by atoms with Crippen molar-refractivity contribution in [1.29, 1.82) is 0 Å². The summed E-state index contributed by atoms with van der Waals surface area (Å²) >= 11 is 0. The first-order valence-corrected chi connectivity index (χ1v) is 8.14. The third-order valence-electron chi connectivity index (χ3n) is 4.62. The number of benzene rings is 1. The van der Waals surface area contributed by atoms with E-state index in [9.17, 15) is 0 Å². The Balaban J connectivity index is 0.00000196. The highest BCUT2D eigenvalue weighted by Gasteiger charge is 2.17. The van der Waals surface area contributed by atoms with Gasteiger partial charge in [0.15, 0.2) is 0 Å². The fraction of sp³-hybridized carbons (Fsp3) is 0.200. The molecule has 5 nitrogen and oxygen atoms in total. The van der Waals surface area contributed by atoms with Crippen molar-refractivity contribution in [2.75, 3.05) is 7.11 Å². The summed E-state index contributed by atoms with van der Waals surface area (Å²) < 4.78 is 13.7. The average molecular weight is 370 g/mol. The topological polar surface area (TPSA) is 49.2 Å². The Kier molecular flexibility index (Phi) is 5.11. The molecule has 0 aliphatic heterocycles. The van der Waals surface area contributed by atoms with Crippen LogP contribution < -0.4 is 4.74 Å². The summed E-state index contributed by atoms with van der Waals surface area (Å²) in [7, 11) is 1.69. The number of methoxy groups -OCH3 is 1. The lowest BCUT2D eigenvalue weighted by atomic mass is 10.1. The second kappa shape index (κ2) is 7.32. The minimum absolute atomic E-state index is 0. The summed E-state index contributed by atoms with van der Waals surface area (Å²) in [6, 6.07) is 9.90. The third-order valence-corrected chi connectivity index (χ3v) is 4.62. The molecule has 0 radical (unpaired) electrons. The fourth-order valence-electron chi connectivity index (χ4n) is 3.21. The van der Waals surface area contributed by atoms with Gasteiger partial charge in [-0.2, -0.15) is 0 Å². The number of aryl methyl sites for hydroxylation is 1. The number of ether oxygens (including phenoxy) is 2. The zero-order valence-electron chi connectivity index (χ0n) is 14.9. The molecule has 0 saturated heterocycles. The SMILES string of the molecule is COCn1c(C)c(C)c2ccnc(Oc3cccc4cnccc34)c21.Cl. The molecule has 6 heteroatoms. The molecule has 134 valence electrons. The number of hydrogen-bond donors (Lipinski definition) is 0. The van der Waals surface area contributed by atoms with Crippen molar-refractivity contribution in [3.63, 3.8) is 0 Å². The predicted molar refractivity (Wildman–Crippen MR) is 105 cm³/mol. The maximum absolute atomic E-state index is 6.24. The van der Waals surface area contributed by atoms with Gasteiger partial charge in [0.25, 0.3) is 0 Å². The molecule has 0 amide bonds. The molecule has 0 unspecified atom stereocenters. The standard InChI is InChI=1S/C20H19N3O2.ClH/c1-13-14(2)23(12-24-3)19-16(13)8-10-22-20(19)25-18-6-4-5-15-11-21-9-7-17(15)18;/h4-11H,12H2,1-3H3;1H. The molecule has 3 aromatic heterocycles. The van der Waals surface area contributed by atoms with Crippen LogP contribution in [0.3, 0.4) is 0 Å². The lowest BCUT2D eigenvalue weighted by Crippen LogP contribution is -2.03. The van der Waals surface area contributed by atoms with Gasteiger partial charge in [-0.15, -0.1) is 12.4 Å². The number of fused-ring (bicyclic) bond motifs is 2. The summed E-state index contributed by atoms with van der Waals surface area (Å²) in [5.41, 5.74) is 3.31. The highest BCUT2D eigenvalue weighted by atomic mass is 35.5. The van der Waals surface area contributed by atoms with Crippen LogP contribution in [0.15, 0.2) is 48.9 Å². The average Bonchev–Trinajstić information content (AvgIpc) is 2.88. The quantitative estimate of drug-likeness (QED) is 0.506. The third kappa shape index (κ3) is 2.89. The van der Waals surface area contributed by atoms with E-state index in [1.165, 1.54) is 5.56 Å². The van der Waals surface area contributed by atoms with Crippen molar-refractivity contribution in [2.24, 2.45) is 0 Å². The van der Waals surface area contributed by atoms with Gasteiger partial charge in [0.1, 0.15) is 18.0 Å². The summed E-state index contributed by atoms with van der Waals surface area (Å²) in [6.45, 7) is 4.65. The number of nitrogens with zero attached hydrogens (tertiary/aromatic N) is 3. The van der Waals surface area contributed by atoms with Crippen molar-refractivity contribution in [1.82, 2.24) is 14.5 Å². The molecule has 0 bridgehead atoms. The van der Waals surface area contributed by atoms with Crippen LogP contribution in [0.4, 0.5) is 0 Å². The number of hydrogen-bond acceptors (Lipinski definition) is 4. The van der Waals surface area contributed by atoms with Crippen LogP contribution in [0.2, 0.25) is 0 Å². The van der Waals surface area contributed by atoms with Crippen LogP contribution in [0.1, 0.15) is 11.3 Å². The van der Waals surface area contributed by atoms with Crippen LogP contribution in [0.5, 0.6) is 11.6 Å². The van der Waals surface area contributed by atoms with Crippen molar-refractivity contribution in [3.8, 4) is 11.6 Å². The summed E-state index contributed by atoms with van der Waals surface area (Å²) in [5.74, 6) is 1.34. The van der Waals surface area contributed by atoms with Gasteiger partial charge in [0, 0.05) is 47.6 Å². The first-order valence-electron chi connectivity index (χ1n) is 8.14. The first kappa shape index (κ1) is 18.2. The van der Waals surface area contributed by atoms with Crippen LogP contribution >= 0.6 is 12.4 Å². The molecule has 0 saturated carbocycles. The lowest BCUT2D eigenvalue weighted by molar-refractivity contribution is 0.133. The Labute approximate surface area is 158 Å². The van der Waals surface area contributed by atoms with E-state index < -0.39 is 0 Å². The van der Waals surface area contributed by atoms with Gasteiger partial charge >= 0.3 is 0 Å². The van der Waals surface area contributed by atoms with Gasteiger partial charge in [0.05, 0.1) is 0 Å². The van der Waals surface area contributed by atoms with E-state index >= 15 is 0 Å². The minimum Gasteiger partial charge on any atom is -0.436 e. The first-order chi connectivity index (χ1) is 12.2. The lowest BCUT2D eigenvalue weighted by Gasteiger charge is -2.12. The molecule has 0 spiro atoms. The van der Waals surface area contributed by atoms with Crippen LogP contribution in [-0.4, -0.2) is 21.6 Å². The Morgan fingerprint density at radius 2 is 1.85 bits per heavy atom. The highest BCUT2D eigenvalue weighted by Crippen LogP contribution is 2.35. The molecule has 4 rings (SSSR count). The molecular weight excluding hydrogens is 350 g/mol. The Bertz CT molecular complexity index is 1070. The minimum atomic E-state index is 0. The van der Waals surface area contributed by atoms with E-state index in [4.69, 9.17) is 9.47 Å². The smallest absolute Gasteiger partial charge is 0.244 e. The zero-order valence-corrected chi connectivity index (χ0v) is 15.7. The van der Waals surface area contributed by atoms with Gasteiger partial charge < -0.3 is 14.0 Å². The highest BCUT2D eigenvalue weighted by molar-refractivity contribution is 5.91. The van der Waals surface area contributed by atoms with E-state index in [0.717, 1.165) is 33.1 Å². The molecule has 3 heterocycles. The maximum Gasteiger partial charge on any atom is 0.244 e. The van der Waals surface area contributed by atoms with Crippen LogP contribution in [0.25, 0.3) is 21.7 Å². The van der Waals surface area contributed by atoms with Crippen LogP contribution in [0, 0.1) is 13.8 Å². The second-order valence-electron chi connectivity index (χ2n) is 6.02. The Morgan fingerprint density at radius 1 is 1.04 bits per heavy atom. The molecule has 0 aliphatic rings. The van der Waals surface area contributed by atoms with E-state index in [0.29, 0.717) is 12.6 Å². The summed E-state index contributed by atoms with van der Waals surface area (Å²) in [5, 5.41) is 3.17. The van der Waals surface area contributed by atoms with E-state index in [1.54, 1.807) is 19.5 Å². The van der Waals surface area contributed by atoms with Crippen molar-refractivity contribution >= 4 is 34.1 Å². The van der Waals surface area contributed by atoms with E-state index in [-0.39, 0.29) is 12.4 Å². The van der Waals surface area contributed by atoms with Crippen LogP contribution in [-0.2, 0) is 11.5 Å². The largest absolute Gasteiger partial charge is 0.436 e. The molecule has 0 atom stereocenters. The van der Waals surface area contributed by atoms with Gasteiger partial charge in [-0.3, -0.25) is 4.98 Å². The molecule has 0 aliphatic carbocycles. The zero-order chi connectivity index (χ0) is 17.4. The van der Waals surface area contributed by atoms with Crippen molar-refractivity contribution < 1.29 is 9.47 Å². The number of pyridine rings is 2. The van der Waals surface area contributed by atoms with Gasteiger partial charge in [-0.1, -0.05) is 12.1 Å². The second-order valence-corrected chi connectivity index (χ2v) is 6.02. The van der Waals surface area contributed by atoms with Gasteiger partial charge in [-0.05, 0) is 37.6 Å². The molecule has 26 heavy (non-hydrogen) atoms. The van der Waals surface area contributed by atoms with Gasteiger partial charge in [-0.25, -0.2) is 4.98 Å². The van der Waals surface area contributed by atoms with E-state index in [2.05, 4.69) is 28.4 Å². The van der Waals surface area contributed by atoms with Crippen molar-refractivity contribution in [3.05, 3.63) is 60.2 Å². The number of rotatable bonds is 4. The predicted octanol–water partition coefficient (Wildman–Crippen LogP) is 5.02. The summed E-state index contributed by atoms with van der Waals surface area (Å²) in [4.78, 5) is 8.66. The monoisotopic (exact) mass is 369 g/mol. The molecule has 0 N–H and O–H groups in total. The number of halogens is 1. The van der Waals surface area contributed by atoms with Gasteiger partial charge in [0.2, 0.25) is 5.88 Å². The normalized spacial score (nSPS) is 10.9. The molecule has 1 aromatic carbocycles. The molecule has 0 fully saturated rings. The Hall–Kier alpha value is -2.63. The Morgan fingerprint density at radius 3 is 2.65 bits per heavy atom. The number of aromatic nitrogens is 3. The molecule has 4 aromatic rings. The fourth-order valence-corrected chi connectivity index (χ4v) is 3.21. The van der Waals surface area contributed by atoms with Crippen molar-refractivity contribution in [2.45, 2.75) is 20.6 Å². The van der Waals surface area contributed by atoms with E-state index in [1.807, 2.05) is 36.5 Å².